The van der Waals surface area contributed by atoms with Gasteiger partial charge in [-0.25, -0.2) is 4.39 Å². The van der Waals surface area contributed by atoms with E-state index in [2.05, 4.69) is 0 Å². The van der Waals surface area contributed by atoms with Gasteiger partial charge >= 0.3 is 0 Å². The molecule has 4 nitrogen and oxygen atoms in total. The van der Waals surface area contributed by atoms with Gasteiger partial charge in [0.05, 0.1) is 11.6 Å². The molecule has 1 fully saturated rings. The number of halogens is 1. The van der Waals surface area contributed by atoms with Crippen LogP contribution < -0.4 is 4.90 Å². The molecule has 172 valence electrons. The average Bonchev–Trinajstić information content (AvgIpc) is 3.10. The standard InChI is InChI=1S/C29H26FNO3/c1-17-11-14-22(15-18(17)2)31-26(23-9-5-6-10-24(23)30)25(28(33)29(31)34)27(32)21-13-12-19-7-3-4-8-20(19)16-21/h5-6,9-16,26,32H,3-4,7-8H2,1-2H3/b27-25+. The molecule has 3 aromatic rings. The van der Waals surface area contributed by atoms with Gasteiger partial charge in [-0.3, -0.25) is 14.5 Å². The SMILES string of the molecule is Cc1ccc(N2C(=O)C(=O)/C(=C(/O)c3ccc4c(c3)CCCC4)C2c2ccccc2F)cc1C. The summed E-state index contributed by atoms with van der Waals surface area (Å²) in [6.07, 6.45) is 4.10. The Labute approximate surface area is 198 Å². The normalized spacial score (nSPS) is 19.4. The number of hydrogen-bond donors (Lipinski definition) is 1. The first kappa shape index (κ1) is 22.1. The van der Waals surface area contributed by atoms with E-state index < -0.39 is 23.5 Å². The molecule has 3 aromatic carbocycles. The van der Waals surface area contributed by atoms with Gasteiger partial charge in [0.2, 0.25) is 0 Å². The van der Waals surface area contributed by atoms with Gasteiger partial charge in [-0.2, -0.15) is 0 Å². The second-order valence-corrected chi connectivity index (χ2v) is 9.15. The zero-order chi connectivity index (χ0) is 24.0. The van der Waals surface area contributed by atoms with E-state index in [0.717, 1.165) is 42.4 Å². The molecule has 0 bridgehead atoms. The highest BCUT2D eigenvalue weighted by Crippen LogP contribution is 2.43. The smallest absolute Gasteiger partial charge is 0.300 e. The highest BCUT2D eigenvalue weighted by Gasteiger charge is 2.47. The van der Waals surface area contributed by atoms with Crippen molar-refractivity contribution in [2.24, 2.45) is 0 Å². The van der Waals surface area contributed by atoms with Crippen LogP contribution in [-0.4, -0.2) is 16.8 Å². The molecule has 1 unspecified atom stereocenters. The van der Waals surface area contributed by atoms with Crippen LogP contribution in [0.25, 0.3) is 5.76 Å². The zero-order valence-electron chi connectivity index (χ0n) is 19.3. The van der Waals surface area contributed by atoms with Crippen LogP contribution in [0.5, 0.6) is 0 Å². The summed E-state index contributed by atoms with van der Waals surface area (Å²) < 4.78 is 15.0. The number of rotatable bonds is 3. The van der Waals surface area contributed by atoms with E-state index in [-0.39, 0.29) is 16.9 Å². The van der Waals surface area contributed by atoms with Crippen molar-refractivity contribution >= 4 is 23.1 Å². The third kappa shape index (κ3) is 3.61. The van der Waals surface area contributed by atoms with Gasteiger partial charge in [0.25, 0.3) is 11.7 Å². The Kier molecular flexibility index (Phi) is 5.56. The third-order valence-electron chi connectivity index (χ3n) is 7.03. The number of fused-ring (bicyclic) bond motifs is 1. The topological polar surface area (TPSA) is 57.6 Å². The lowest BCUT2D eigenvalue weighted by atomic mass is 9.88. The Hall–Kier alpha value is -3.73. The lowest BCUT2D eigenvalue weighted by Crippen LogP contribution is -2.30. The number of amides is 1. The largest absolute Gasteiger partial charge is 0.507 e. The van der Waals surface area contributed by atoms with Crippen LogP contribution in [0.1, 0.15) is 52.3 Å². The summed E-state index contributed by atoms with van der Waals surface area (Å²) in [6, 6.07) is 16.1. The molecular formula is C29H26FNO3. The molecule has 1 aliphatic carbocycles. The second kappa shape index (κ2) is 8.56. The van der Waals surface area contributed by atoms with E-state index in [1.54, 1.807) is 30.3 Å². The maximum Gasteiger partial charge on any atom is 0.300 e. The van der Waals surface area contributed by atoms with Gasteiger partial charge in [0, 0.05) is 16.8 Å². The van der Waals surface area contributed by atoms with Crippen molar-refractivity contribution in [1.82, 2.24) is 0 Å². The van der Waals surface area contributed by atoms with E-state index in [4.69, 9.17) is 0 Å². The van der Waals surface area contributed by atoms with Crippen LogP contribution in [0.3, 0.4) is 0 Å². The Morgan fingerprint density at radius 3 is 2.38 bits per heavy atom. The molecule has 5 rings (SSSR count). The van der Waals surface area contributed by atoms with Crippen LogP contribution in [0.4, 0.5) is 10.1 Å². The maximum absolute atomic E-state index is 15.0. The predicted octanol–water partition coefficient (Wildman–Crippen LogP) is 5.95. The number of Topliss-reactive ketones (excluding diaryl/α,β-unsaturated/α-hetero) is 1. The van der Waals surface area contributed by atoms with Gasteiger partial charge in [-0.1, -0.05) is 36.4 Å². The maximum atomic E-state index is 15.0. The fourth-order valence-electron chi connectivity index (χ4n) is 5.00. The summed E-state index contributed by atoms with van der Waals surface area (Å²) in [4.78, 5) is 27.9. The Bertz CT molecular complexity index is 1360. The molecular weight excluding hydrogens is 429 g/mol. The number of aliphatic hydroxyl groups excluding tert-OH is 1. The van der Waals surface area contributed by atoms with Crippen molar-refractivity contribution in [2.75, 3.05) is 4.90 Å². The number of hydrogen-bond acceptors (Lipinski definition) is 3. The first-order valence-corrected chi connectivity index (χ1v) is 11.6. The average molecular weight is 456 g/mol. The molecule has 1 N–H and O–H groups in total. The first-order valence-electron chi connectivity index (χ1n) is 11.6. The minimum atomic E-state index is -1.07. The minimum absolute atomic E-state index is 0.0934. The Balaban J connectivity index is 1.72. The van der Waals surface area contributed by atoms with Gasteiger partial charge in [0.1, 0.15) is 11.6 Å². The van der Waals surface area contributed by atoms with Gasteiger partial charge in [-0.15, -0.1) is 0 Å². The molecule has 0 radical (unpaired) electrons. The summed E-state index contributed by atoms with van der Waals surface area (Å²) >= 11 is 0. The van der Waals surface area contributed by atoms with Crippen LogP contribution in [-0.2, 0) is 22.4 Å². The summed E-state index contributed by atoms with van der Waals surface area (Å²) in [7, 11) is 0. The van der Waals surface area contributed by atoms with Crippen molar-refractivity contribution < 1.29 is 19.1 Å². The van der Waals surface area contributed by atoms with Gasteiger partial charge in [-0.05, 0) is 86.1 Å². The molecule has 2 aliphatic rings. The lowest BCUT2D eigenvalue weighted by molar-refractivity contribution is -0.132. The molecule has 34 heavy (non-hydrogen) atoms. The summed E-state index contributed by atoms with van der Waals surface area (Å²) in [6.45, 7) is 3.87. The molecule has 5 heteroatoms. The minimum Gasteiger partial charge on any atom is -0.507 e. The van der Waals surface area contributed by atoms with Gasteiger partial charge < -0.3 is 5.11 Å². The fourth-order valence-corrected chi connectivity index (χ4v) is 5.00. The Morgan fingerprint density at radius 2 is 1.65 bits per heavy atom. The first-order chi connectivity index (χ1) is 16.4. The van der Waals surface area contributed by atoms with E-state index in [9.17, 15) is 14.7 Å². The number of carbonyl (C=O) groups excluding carboxylic acids is 2. The van der Waals surface area contributed by atoms with Crippen molar-refractivity contribution in [3.05, 3.63) is 105 Å². The highest BCUT2D eigenvalue weighted by molar-refractivity contribution is 6.51. The van der Waals surface area contributed by atoms with Crippen molar-refractivity contribution in [2.45, 2.75) is 45.6 Å². The Morgan fingerprint density at radius 1 is 0.912 bits per heavy atom. The number of nitrogens with zero attached hydrogens (tertiary/aromatic N) is 1. The van der Waals surface area contributed by atoms with E-state index in [1.807, 2.05) is 38.1 Å². The van der Waals surface area contributed by atoms with Crippen LogP contribution in [0, 0.1) is 19.7 Å². The molecule has 1 heterocycles. The molecule has 1 amide bonds. The third-order valence-corrected chi connectivity index (χ3v) is 7.03. The number of benzene rings is 3. The summed E-state index contributed by atoms with van der Waals surface area (Å²) in [5.41, 5.74) is 5.40. The van der Waals surface area contributed by atoms with Crippen molar-refractivity contribution in [3.8, 4) is 0 Å². The van der Waals surface area contributed by atoms with Crippen LogP contribution in [0.15, 0.2) is 66.2 Å². The zero-order valence-corrected chi connectivity index (χ0v) is 19.3. The monoisotopic (exact) mass is 455 g/mol. The number of anilines is 1. The number of aryl methyl sites for hydroxylation is 4. The number of aliphatic hydroxyl groups is 1. The molecule has 1 aliphatic heterocycles. The van der Waals surface area contributed by atoms with Crippen molar-refractivity contribution in [3.63, 3.8) is 0 Å². The molecule has 0 spiro atoms. The van der Waals surface area contributed by atoms with E-state index in [1.165, 1.54) is 16.5 Å². The van der Waals surface area contributed by atoms with E-state index >= 15 is 4.39 Å². The molecule has 1 atom stereocenters. The number of carbonyl (C=O) groups is 2. The number of ketones is 1. The molecule has 0 aromatic heterocycles. The second-order valence-electron chi connectivity index (χ2n) is 9.15. The fraction of sp³-hybridized carbons (Fsp3) is 0.241. The quantitative estimate of drug-likeness (QED) is 0.302. The molecule has 1 saturated heterocycles. The summed E-state index contributed by atoms with van der Waals surface area (Å²) in [5, 5.41) is 11.4. The highest BCUT2D eigenvalue weighted by atomic mass is 19.1. The lowest BCUT2D eigenvalue weighted by Gasteiger charge is -2.26. The van der Waals surface area contributed by atoms with E-state index in [0.29, 0.717) is 11.3 Å². The van der Waals surface area contributed by atoms with Crippen molar-refractivity contribution in [1.29, 1.82) is 0 Å². The van der Waals surface area contributed by atoms with Crippen LogP contribution >= 0.6 is 0 Å². The van der Waals surface area contributed by atoms with Gasteiger partial charge in [0.15, 0.2) is 0 Å². The molecule has 0 saturated carbocycles. The van der Waals surface area contributed by atoms with Crippen LogP contribution in [0.2, 0.25) is 0 Å². The predicted molar refractivity (Wildman–Crippen MR) is 130 cm³/mol. The summed E-state index contributed by atoms with van der Waals surface area (Å²) in [5.74, 6) is -2.41.